The normalized spacial score (nSPS) is 15.9. The molecule has 0 bridgehead atoms. The number of carbonyl (C=O) groups is 3. The van der Waals surface area contributed by atoms with Crippen LogP contribution in [0.1, 0.15) is 50.2 Å². The second-order valence-corrected chi connectivity index (χ2v) is 9.03. The maximum Gasteiger partial charge on any atom is 0.270 e. The third-order valence-electron chi connectivity index (χ3n) is 5.79. The largest absolute Gasteiger partial charge is 0.395 e. The van der Waals surface area contributed by atoms with Crippen LogP contribution in [0.2, 0.25) is 0 Å². The summed E-state index contributed by atoms with van der Waals surface area (Å²) in [5.74, 6) is -2.37. The average Bonchev–Trinajstić information content (AvgIpc) is 3.53. The number of nitrogens with zero attached hydrogens (tertiary/aromatic N) is 3. The Hall–Kier alpha value is -3.90. The van der Waals surface area contributed by atoms with Gasteiger partial charge in [-0.25, -0.2) is 4.39 Å². The predicted molar refractivity (Wildman–Crippen MR) is 130 cm³/mol. The molecule has 0 aliphatic carbocycles. The third kappa shape index (κ3) is 5.66. The lowest BCUT2D eigenvalue weighted by atomic mass is 10.0. The van der Waals surface area contributed by atoms with Gasteiger partial charge in [-0.15, -0.1) is 0 Å². The molecule has 0 unspecified atom stereocenters. The molecule has 10 nitrogen and oxygen atoms in total. The van der Waals surface area contributed by atoms with Crippen molar-refractivity contribution in [3.63, 3.8) is 0 Å². The molecule has 0 radical (unpaired) electrons. The molecule has 2 aromatic heterocycles. The number of hydrogen-bond acceptors (Lipinski definition) is 8. The number of nitrogens with one attached hydrogen (secondary N) is 1. The van der Waals surface area contributed by atoms with Gasteiger partial charge in [-0.1, -0.05) is 12.1 Å². The van der Waals surface area contributed by atoms with Gasteiger partial charge in [0.2, 0.25) is 5.91 Å². The molecule has 3 aromatic rings. The molecule has 188 valence electrons. The lowest BCUT2D eigenvalue weighted by Gasteiger charge is -2.31. The minimum Gasteiger partial charge on any atom is -0.395 e. The molecule has 0 saturated carbocycles. The monoisotopic (exact) mass is 512 g/mol. The SMILES string of the molecule is NC(=O)c1nsc(C(=O)N(Cc2ccc(F)cc2)[C@H](C(=O)NC[C@H]2CCCO2)c2ccncc2)c1N. The Kier molecular flexibility index (Phi) is 7.86. The molecule has 5 N–H and O–H groups in total. The molecule has 1 saturated heterocycles. The summed E-state index contributed by atoms with van der Waals surface area (Å²) < 4.78 is 23.1. The first-order valence-corrected chi connectivity index (χ1v) is 12.0. The van der Waals surface area contributed by atoms with Crippen LogP contribution in [0.25, 0.3) is 0 Å². The smallest absolute Gasteiger partial charge is 0.270 e. The van der Waals surface area contributed by atoms with E-state index in [9.17, 15) is 18.8 Å². The maximum atomic E-state index is 13.8. The fraction of sp³-hybridized carbons (Fsp3) is 0.292. The van der Waals surface area contributed by atoms with E-state index < -0.39 is 29.6 Å². The van der Waals surface area contributed by atoms with E-state index in [1.54, 1.807) is 12.1 Å². The van der Waals surface area contributed by atoms with Crippen LogP contribution in [-0.4, -0.2) is 51.2 Å². The number of nitrogen functional groups attached to an aromatic ring is 1. The van der Waals surface area contributed by atoms with Crippen LogP contribution in [0.5, 0.6) is 0 Å². The highest BCUT2D eigenvalue weighted by Crippen LogP contribution is 2.30. The Labute approximate surface area is 210 Å². The number of carbonyl (C=O) groups excluding carboxylic acids is 3. The summed E-state index contributed by atoms with van der Waals surface area (Å²) in [4.78, 5) is 44.3. The topological polar surface area (TPSA) is 154 Å². The van der Waals surface area contributed by atoms with Gasteiger partial charge in [0.25, 0.3) is 11.8 Å². The number of amides is 3. The van der Waals surface area contributed by atoms with E-state index in [1.807, 2.05) is 0 Å². The summed E-state index contributed by atoms with van der Waals surface area (Å²) in [6.07, 6.45) is 4.66. The van der Waals surface area contributed by atoms with Crippen molar-refractivity contribution in [3.05, 3.63) is 76.3 Å². The number of aromatic nitrogens is 2. The van der Waals surface area contributed by atoms with Gasteiger partial charge in [0, 0.05) is 32.1 Å². The Morgan fingerprint density at radius 3 is 2.53 bits per heavy atom. The first kappa shape index (κ1) is 25.2. The number of primary amides is 1. The van der Waals surface area contributed by atoms with Crippen LogP contribution in [0, 0.1) is 5.82 Å². The highest BCUT2D eigenvalue weighted by Gasteiger charge is 2.35. The zero-order chi connectivity index (χ0) is 25.7. The summed E-state index contributed by atoms with van der Waals surface area (Å²) in [5, 5.41) is 2.89. The van der Waals surface area contributed by atoms with E-state index in [4.69, 9.17) is 16.2 Å². The molecular weight excluding hydrogens is 487 g/mol. The van der Waals surface area contributed by atoms with Crippen LogP contribution in [-0.2, 0) is 16.1 Å². The van der Waals surface area contributed by atoms with E-state index in [0.29, 0.717) is 17.7 Å². The zero-order valence-corrected chi connectivity index (χ0v) is 20.0. The van der Waals surface area contributed by atoms with E-state index in [2.05, 4.69) is 14.7 Å². The van der Waals surface area contributed by atoms with Gasteiger partial charge < -0.3 is 26.4 Å². The van der Waals surface area contributed by atoms with Crippen molar-refractivity contribution < 1.29 is 23.5 Å². The highest BCUT2D eigenvalue weighted by molar-refractivity contribution is 7.09. The van der Waals surface area contributed by atoms with E-state index >= 15 is 0 Å². The van der Waals surface area contributed by atoms with Crippen LogP contribution in [0.15, 0.2) is 48.8 Å². The fourth-order valence-corrected chi connectivity index (χ4v) is 4.72. The summed E-state index contributed by atoms with van der Waals surface area (Å²) in [6.45, 7) is 0.868. The van der Waals surface area contributed by atoms with Gasteiger partial charge in [0.05, 0.1) is 11.8 Å². The number of rotatable bonds is 9. The number of benzene rings is 1. The average molecular weight is 513 g/mol. The van der Waals surface area contributed by atoms with Crippen LogP contribution >= 0.6 is 11.5 Å². The lowest BCUT2D eigenvalue weighted by Crippen LogP contribution is -2.45. The molecule has 4 rings (SSSR count). The van der Waals surface area contributed by atoms with Crippen molar-refractivity contribution >= 4 is 34.9 Å². The first-order chi connectivity index (χ1) is 17.3. The lowest BCUT2D eigenvalue weighted by molar-refractivity contribution is -0.126. The third-order valence-corrected chi connectivity index (χ3v) is 6.64. The van der Waals surface area contributed by atoms with Gasteiger partial charge >= 0.3 is 0 Å². The number of pyridine rings is 1. The van der Waals surface area contributed by atoms with Gasteiger partial charge in [0.15, 0.2) is 5.69 Å². The van der Waals surface area contributed by atoms with E-state index in [-0.39, 0.29) is 35.5 Å². The van der Waals surface area contributed by atoms with Gasteiger partial charge in [-0.3, -0.25) is 19.4 Å². The minimum atomic E-state index is -1.09. The van der Waals surface area contributed by atoms with Crippen molar-refractivity contribution in [3.8, 4) is 0 Å². The van der Waals surface area contributed by atoms with Gasteiger partial charge in [0.1, 0.15) is 16.7 Å². The Bertz CT molecular complexity index is 1230. The predicted octanol–water partition coefficient (Wildman–Crippen LogP) is 2.04. The molecule has 1 aliphatic heterocycles. The first-order valence-electron chi connectivity index (χ1n) is 11.2. The second-order valence-electron chi connectivity index (χ2n) is 8.26. The summed E-state index contributed by atoms with van der Waals surface area (Å²) >= 11 is 0.721. The number of hydrogen-bond donors (Lipinski definition) is 3. The van der Waals surface area contributed by atoms with Crippen molar-refractivity contribution in [2.24, 2.45) is 5.73 Å². The Morgan fingerprint density at radius 2 is 1.92 bits per heavy atom. The number of nitrogens with two attached hydrogens (primary N) is 2. The second kappa shape index (κ2) is 11.2. The van der Waals surface area contributed by atoms with Crippen LogP contribution in [0.3, 0.4) is 0 Å². The summed E-state index contributed by atoms with van der Waals surface area (Å²) in [6, 6.07) is 7.75. The number of ether oxygens (including phenoxy) is 1. The molecule has 1 fully saturated rings. The number of anilines is 1. The van der Waals surface area contributed by atoms with Gasteiger partial charge in [-0.2, -0.15) is 4.37 Å². The molecule has 1 aromatic carbocycles. The summed E-state index contributed by atoms with van der Waals surface area (Å²) in [7, 11) is 0. The molecule has 36 heavy (non-hydrogen) atoms. The van der Waals surface area contributed by atoms with E-state index in [1.165, 1.54) is 41.6 Å². The quantitative estimate of drug-likeness (QED) is 0.396. The Balaban J connectivity index is 1.73. The molecule has 3 amide bonds. The van der Waals surface area contributed by atoms with Crippen molar-refractivity contribution in [1.29, 1.82) is 0 Å². The molecular formula is C24H25FN6O4S. The maximum absolute atomic E-state index is 13.8. The van der Waals surface area contributed by atoms with Gasteiger partial charge in [-0.05, 0) is 59.8 Å². The summed E-state index contributed by atoms with van der Waals surface area (Å²) in [5.41, 5.74) is 12.1. The minimum absolute atomic E-state index is 0.0307. The van der Waals surface area contributed by atoms with Crippen molar-refractivity contribution in [1.82, 2.24) is 19.6 Å². The highest BCUT2D eigenvalue weighted by atomic mass is 32.1. The Morgan fingerprint density at radius 1 is 1.19 bits per heavy atom. The fourth-order valence-electron chi connectivity index (χ4n) is 3.96. The van der Waals surface area contributed by atoms with Crippen molar-refractivity contribution in [2.45, 2.75) is 31.5 Å². The molecule has 3 heterocycles. The molecule has 12 heteroatoms. The van der Waals surface area contributed by atoms with Crippen LogP contribution in [0.4, 0.5) is 10.1 Å². The van der Waals surface area contributed by atoms with Crippen molar-refractivity contribution in [2.75, 3.05) is 18.9 Å². The number of halogens is 1. The molecule has 2 atom stereocenters. The van der Waals surface area contributed by atoms with Crippen LogP contribution < -0.4 is 16.8 Å². The molecule has 0 spiro atoms. The zero-order valence-electron chi connectivity index (χ0n) is 19.2. The van der Waals surface area contributed by atoms with E-state index in [0.717, 1.165) is 24.4 Å². The molecule has 1 aliphatic rings. The standard InChI is InChI=1S/C24H25FN6O4S/c25-16-5-3-14(4-6-16)13-31(24(34)21-18(26)19(22(27)32)30-36-21)20(15-7-9-28-10-8-15)23(33)29-12-17-2-1-11-35-17/h3-10,17,20H,1-2,11-13,26H2,(H2,27,32)(H,29,33)/t17-,20+/m1/s1.